The summed E-state index contributed by atoms with van der Waals surface area (Å²) in [5, 5.41) is 7.84. The fourth-order valence-corrected chi connectivity index (χ4v) is 4.55. The number of benzene rings is 1. The summed E-state index contributed by atoms with van der Waals surface area (Å²) in [5.74, 6) is 0.477. The number of halogens is 1. The van der Waals surface area contributed by atoms with Crippen molar-refractivity contribution in [3.63, 3.8) is 0 Å². The van der Waals surface area contributed by atoms with E-state index >= 15 is 0 Å². The lowest BCUT2D eigenvalue weighted by molar-refractivity contribution is 0.0946. The van der Waals surface area contributed by atoms with Crippen molar-refractivity contribution >= 4 is 17.5 Å². The lowest BCUT2D eigenvalue weighted by Gasteiger charge is -2.08. The van der Waals surface area contributed by atoms with E-state index in [-0.39, 0.29) is 12.6 Å². The van der Waals surface area contributed by atoms with Crippen LogP contribution < -0.4 is 10.1 Å². The van der Waals surface area contributed by atoms with Crippen LogP contribution in [-0.2, 0) is 6.73 Å². The van der Waals surface area contributed by atoms with E-state index in [9.17, 15) is 4.79 Å². The van der Waals surface area contributed by atoms with Crippen molar-refractivity contribution in [2.24, 2.45) is 0 Å². The molecule has 0 bridgehead atoms. The summed E-state index contributed by atoms with van der Waals surface area (Å²) in [6, 6.07) is 7.35. The molecule has 0 aliphatic heterocycles. The highest BCUT2D eigenvalue weighted by Crippen LogP contribution is 2.25. The molecule has 202 valence electrons. The Balaban J connectivity index is 1.41. The van der Waals surface area contributed by atoms with Crippen LogP contribution in [-0.4, -0.2) is 22.2 Å². The van der Waals surface area contributed by atoms with E-state index in [0.717, 1.165) is 18.4 Å². The Hall–Kier alpha value is -2.01. The summed E-state index contributed by atoms with van der Waals surface area (Å²) < 4.78 is 7.33. The second-order valence-electron chi connectivity index (χ2n) is 10.0. The molecule has 36 heavy (non-hydrogen) atoms. The Morgan fingerprint density at radius 1 is 0.861 bits per heavy atom. The minimum absolute atomic E-state index is 0.136. The fourth-order valence-electron chi connectivity index (χ4n) is 4.38. The maximum Gasteiger partial charge on any atom is 0.271 e. The third kappa shape index (κ3) is 13.3. The fraction of sp³-hybridized carbons (Fsp3) is 0.667. The van der Waals surface area contributed by atoms with Crippen molar-refractivity contribution in [2.75, 3.05) is 6.54 Å². The number of aromatic nitrogens is 2. The number of amides is 1. The van der Waals surface area contributed by atoms with Gasteiger partial charge in [-0.2, -0.15) is 5.10 Å². The van der Waals surface area contributed by atoms with Gasteiger partial charge >= 0.3 is 0 Å². The van der Waals surface area contributed by atoms with Crippen molar-refractivity contribution in [3.8, 4) is 5.75 Å². The number of nitrogens with zero attached hydrogens (tertiary/aromatic N) is 2. The van der Waals surface area contributed by atoms with Crippen LogP contribution in [0, 0.1) is 6.92 Å². The third-order valence-corrected chi connectivity index (χ3v) is 6.94. The molecule has 2 rings (SSSR count). The summed E-state index contributed by atoms with van der Waals surface area (Å²) in [7, 11) is 0. The molecule has 5 nitrogen and oxygen atoms in total. The maximum atomic E-state index is 12.3. The Bertz CT molecular complexity index is 852. The van der Waals surface area contributed by atoms with Crippen molar-refractivity contribution in [3.05, 3.63) is 46.7 Å². The smallest absolute Gasteiger partial charge is 0.271 e. The first-order chi connectivity index (χ1) is 17.6. The van der Waals surface area contributed by atoms with Gasteiger partial charge in [0.05, 0.1) is 5.02 Å². The van der Waals surface area contributed by atoms with Crippen LogP contribution >= 0.6 is 11.6 Å². The van der Waals surface area contributed by atoms with Crippen molar-refractivity contribution < 1.29 is 9.53 Å². The minimum Gasteiger partial charge on any atom is -0.470 e. The second-order valence-corrected chi connectivity index (χ2v) is 10.4. The van der Waals surface area contributed by atoms with Gasteiger partial charge in [-0.05, 0) is 37.1 Å². The first-order valence-corrected chi connectivity index (χ1v) is 14.7. The molecule has 0 aliphatic carbocycles. The molecule has 6 heteroatoms. The number of aryl methyl sites for hydroxylation is 1. The van der Waals surface area contributed by atoms with Gasteiger partial charge < -0.3 is 10.1 Å². The standard InChI is InChI=1S/C30H48ClN3O2/c1-3-4-5-6-7-8-9-10-11-12-13-14-15-16-17-18-22-32-30(35)28-21-23-34(33-28)25-36-29-24-26(2)19-20-27(29)31/h19-21,23-24H,3-18,22,25H2,1-2H3,(H,32,35). The van der Waals surface area contributed by atoms with Crippen LogP contribution in [0.4, 0.5) is 0 Å². The molecule has 1 aromatic carbocycles. The average Bonchev–Trinajstić information content (AvgIpc) is 3.35. The third-order valence-electron chi connectivity index (χ3n) is 6.63. The van der Waals surface area contributed by atoms with Crippen LogP contribution in [0.3, 0.4) is 0 Å². The van der Waals surface area contributed by atoms with Gasteiger partial charge in [-0.15, -0.1) is 0 Å². The van der Waals surface area contributed by atoms with Gasteiger partial charge in [0.15, 0.2) is 6.73 Å². The molecule has 0 unspecified atom stereocenters. The van der Waals surface area contributed by atoms with Crippen molar-refractivity contribution in [1.29, 1.82) is 0 Å². The van der Waals surface area contributed by atoms with Gasteiger partial charge in [0.1, 0.15) is 11.4 Å². The number of carbonyl (C=O) groups excluding carboxylic acids is 1. The minimum atomic E-state index is -0.136. The van der Waals surface area contributed by atoms with Gasteiger partial charge in [-0.25, -0.2) is 4.68 Å². The molecule has 0 radical (unpaired) electrons. The molecule has 0 spiro atoms. The Kier molecular flexibility index (Phi) is 16.1. The maximum absolute atomic E-state index is 12.3. The van der Waals surface area contributed by atoms with Crippen molar-refractivity contribution in [1.82, 2.24) is 15.1 Å². The quantitative estimate of drug-likeness (QED) is 0.168. The molecule has 1 amide bonds. The van der Waals surface area contributed by atoms with Gasteiger partial charge in [-0.1, -0.05) is 121 Å². The van der Waals surface area contributed by atoms with Gasteiger partial charge in [0, 0.05) is 12.7 Å². The van der Waals surface area contributed by atoms with Crippen LogP contribution in [0.5, 0.6) is 5.75 Å². The average molecular weight is 518 g/mol. The zero-order valence-corrected chi connectivity index (χ0v) is 23.5. The van der Waals surface area contributed by atoms with E-state index < -0.39 is 0 Å². The first-order valence-electron chi connectivity index (χ1n) is 14.3. The summed E-state index contributed by atoms with van der Waals surface area (Å²) in [6.07, 6.45) is 23.3. The number of hydrogen-bond acceptors (Lipinski definition) is 3. The van der Waals surface area contributed by atoms with Crippen molar-refractivity contribution in [2.45, 2.75) is 123 Å². The molecule has 1 heterocycles. The number of ether oxygens (including phenoxy) is 1. The normalized spacial score (nSPS) is 11.1. The van der Waals surface area contributed by atoms with Crippen LogP contribution in [0.1, 0.15) is 126 Å². The molecule has 1 aromatic heterocycles. The highest BCUT2D eigenvalue weighted by Gasteiger charge is 2.09. The van der Waals surface area contributed by atoms with E-state index in [1.165, 1.54) is 89.9 Å². The summed E-state index contributed by atoms with van der Waals surface area (Å²) in [5.41, 5.74) is 1.48. The number of hydrogen-bond donors (Lipinski definition) is 1. The number of carbonyl (C=O) groups is 1. The second kappa shape index (κ2) is 19.1. The molecule has 2 aromatic rings. The zero-order valence-electron chi connectivity index (χ0n) is 22.7. The lowest BCUT2D eigenvalue weighted by atomic mass is 10.0. The van der Waals surface area contributed by atoms with Gasteiger partial charge in [-0.3, -0.25) is 4.79 Å². The highest BCUT2D eigenvalue weighted by molar-refractivity contribution is 6.32. The molecule has 0 fully saturated rings. The first kappa shape index (κ1) is 30.2. The van der Waals surface area contributed by atoms with Gasteiger partial charge in [0.2, 0.25) is 0 Å². The largest absolute Gasteiger partial charge is 0.470 e. The number of nitrogens with one attached hydrogen (secondary N) is 1. The highest BCUT2D eigenvalue weighted by atomic mass is 35.5. The predicted molar refractivity (Wildman–Crippen MR) is 151 cm³/mol. The predicted octanol–water partition coefficient (Wildman–Crippen LogP) is 8.87. The molecule has 0 saturated heterocycles. The zero-order chi connectivity index (χ0) is 25.8. The van der Waals surface area contributed by atoms with E-state index in [1.807, 2.05) is 25.1 Å². The summed E-state index contributed by atoms with van der Waals surface area (Å²) in [6.45, 7) is 5.16. The topological polar surface area (TPSA) is 56.2 Å². The molecular weight excluding hydrogens is 470 g/mol. The molecule has 0 atom stereocenters. The SMILES string of the molecule is CCCCCCCCCCCCCCCCCCNC(=O)c1ccn(COc2cc(C)ccc2Cl)n1. The molecular formula is C30H48ClN3O2. The Morgan fingerprint density at radius 3 is 2.00 bits per heavy atom. The van der Waals surface area contributed by atoms with E-state index in [1.54, 1.807) is 16.9 Å². The van der Waals surface area contributed by atoms with Crippen LogP contribution in [0.15, 0.2) is 30.5 Å². The van der Waals surface area contributed by atoms with Crippen LogP contribution in [0.2, 0.25) is 5.02 Å². The van der Waals surface area contributed by atoms with E-state index in [2.05, 4.69) is 17.3 Å². The molecule has 1 N–H and O–H groups in total. The van der Waals surface area contributed by atoms with Gasteiger partial charge in [0.25, 0.3) is 5.91 Å². The van der Waals surface area contributed by atoms with E-state index in [4.69, 9.17) is 16.3 Å². The lowest BCUT2D eigenvalue weighted by Crippen LogP contribution is -2.25. The summed E-state index contributed by atoms with van der Waals surface area (Å²) >= 11 is 6.16. The monoisotopic (exact) mass is 517 g/mol. The Morgan fingerprint density at radius 2 is 1.42 bits per heavy atom. The molecule has 0 saturated carbocycles. The molecule has 0 aliphatic rings. The Labute approximate surface area is 224 Å². The summed E-state index contributed by atoms with van der Waals surface area (Å²) in [4.78, 5) is 12.3. The number of rotatable bonds is 21. The number of unbranched alkanes of at least 4 members (excludes halogenated alkanes) is 15. The van der Waals surface area contributed by atoms with E-state index in [0.29, 0.717) is 23.0 Å². The van der Waals surface area contributed by atoms with Crippen LogP contribution in [0.25, 0.3) is 0 Å².